The van der Waals surface area contributed by atoms with Crippen molar-refractivity contribution in [1.82, 2.24) is 24.4 Å². The molecule has 0 aromatic carbocycles. The van der Waals surface area contributed by atoms with Gasteiger partial charge in [0.15, 0.2) is 5.65 Å². The molecule has 3 aromatic rings. The van der Waals surface area contributed by atoms with Gasteiger partial charge in [0.1, 0.15) is 0 Å². The summed E-state index contributed by atoms with van der Waals surface area (Å²) in [4.78, 5) is 4.41. The van der Waals surface area contributed by atoms with Crippen molar-refractivity contribution in [2.24, 2.45) is 7.05 Å². The molecular weight excluding hydrogens is 240 g/mol. The van der Waals surface area contributed by atoms with Crippen LogP contribution < -0.4 is 5.32 Å². The van der Waals surface area contributed by atoms with Gasteiger partial charge in [-0.1, -0.05) is 6.07 Å². The Morgan fingerprint density at radius 1 is 1.21 bits per heavy atom. The van der Waals surface area contributed by atoms with Crippen LogP contribution in [0.1, 0.15) is 17.0 Å². The van der Waals surface area contributed by atoms with E-state index in [0.29, 0.717) is 12.5 Å². The molecule has 6 nitrogen and oxygen atoms in total. The number of hydrogen-bond acceptors (Lipinski definition) is 4. The van der Waals surface area contributed by atoms with Crippen molar-refractivity contribution >= 4 is 11.6 Å². The van der Waals surface area contributed by atoms with Crippen molar-refractivity contribution < 1.29 is 0 Å². The Hall–Kier alpha value is -2.37. The number of fused-ring (bicyclic) bond motifs is 1. The lowest BCUT2D eigenvalue weighted by atomic mass is 10.2. The molecule has 0 fully saturated rings. The van der Waals surface area contributed by atoms with Gasteiger partial charge in [0.05, 0.1) is 5.69 Å². The number of nitrogens with zero attached hydrogens (tertiary/aromatic N) is 5. The third-order valence-corrected chi connectivity index (χ3v) is 3.32. The van der Waals surface area contributed by atoms with Gasteiger partial charge in [0.25, 0.3) is 0 Å². The lowest BCUT2D eigenvalue weighted by molar-refractivity contribution is 0.730. The highest BCUT2D eigenvalue weighted by atomic mass is 15.3. The van der Waals surface area contributed by atoms with Crippen molar-refractivity contribution in [2.45, 2.75) is 20.4 Å². The summed E-state index contributed by atoms with van der Waals surface area (Å²) in [5.74, 6) is 0.633. The summed E-state index contributed by atoms with van der Waals surface area (Å²) < 4.78 is 3.65. The Morgan fingerprint density at radius 3 is 2.74 bits per heavy atom. The fourth-order valence-electron chi connectivity index (χ4n) is 2.15. The second-order valence-corrected chi connectivity index (χ2v) is 4.57. The topological polar surface area (TPSA) is 60.0 Å². The normalized spacial score (nSPS) is 11.1. The zero-order valence-electron chi connectivity index (χ0n) is 11.3. The molecule has 0 spiro atoms. The molecule has 0 aliphatic rings. The summed E-state index contributed by atoms with van der Waals surface area (Å²) in [6.07, 6.45) is 1.88. The van der Waals surface area contributed by atoms with Crippen LogP contribution in [-0.2, 0) is 13.6 Å². The molecule has 0 amide bonds. The molecule has 1 N–H and O–H groups in total. The van der Waals surface area contributed by atoms with Crippen LogP contribution in [-0.4, -0.2) is 24.4 Å². The number of hydrogen-bond donors (Lipinski definition) is 1. The van der Waals surface area contributed by atoms with E-state index in [9.17, 15) is 0 Å². The standard InChI is InChI=1S/C13H16N6/c1-9-11(10(2)18(3)16-9)8-14-13-15-12-6-4-5-7-19(12)17-13/h4-7H,8H2,1-3H3,(H,14,17). The summed E-state index contributed by atoms with van der Waals surface area (Å²) in [5, 5.41) is 12.0. The van der Waals surface area contributed by atoms with E-state index in [4.69, 9.17) is 0 Å². The lowest BCUT2D eigenvalue weighted by Gasteiger charge is -2.02. The molecule has 0 unspecified atom stereocenters. The number of anilines is 1. The molecule has 0 radical (unpaired) electrons. The highest BCUT2D eigenvalue weighted by Gasteiger charge is 2.10. The van der Waals surface area contributed by atoms with Gasteiger partial charge >= 0.3 is 0 Å². The van der Waals surface area contributed by atoms with Gasteiger partial charge in [-0.25, -0.2) is 4.52 Å². The Kier molecular flexibility index (Phi) is 2.70. The van der Waals surface area contributed by atoms with E-state index in [1.807, 2.05) is 43.0 Å². The number of rotatable bonds is 3. The van der Waals surface area contributed by atoms with Crippen molar-refractivity contribution in [3.63, 3.8) is 0 Å². The average molecular weight is 256 g/mol. The van der Waals surface area contributed by atoms with Crippen LogP contribution in [0.5, 0.6) is 0 Å². The second kappa shape index (κ2) is 4.38. The SMILES string of the molecule is Cc1nn(C)c(C)c1CNc1nc2ccccn2n1. The number of aromatic nitrogens is 5. The third kappa shape index (κ3) is 2.05. The van der Waals surface area contributed by atoms with E-state index in [1.54, 1.807) is 4.52 Å². The van der Waals surface area contributed by atoms with E-state index in [2.05, 4.69) is 27.4 Å². The van der Waals surface area contributed by atoms with Crippen LogP contribution >= 0.6 is 0 Å². The van der Waals surface area contributed by atoms with E-state index >= 15 is 0 Å². The van der Waals surface area contributed by atoms with Crippen molar-refractivity contribution in [1.29, 1.82) is 0 Å². The van der Waals surface area contributed by atoms with Gasteiger partial charge < -0.3 is 5.32 Å². The highest BCUT2D eigenvalue weighted by molar-refractivity contribution is 5.43. The zero-order chi connectivity index (χ0) is 13.4. The molecule has 3 heterocycles. The van der Waals surface area contributed by atoms with Gasteiger partial charge in [-0.3, -0.25) is 4.68 Å². The summed E-state index contributed by atoms with van der Waals surface area (Å²) in [6.45, 7) is 4.76. The maximum atomic E-state index is 4.41. The summed E-state index contributed by atoms with van der Waals surface area (Å²) in [6, 6.07) is 5.81. The molecule has 0 bridgehead atoms. The molecule has 3 rings (SSSR count). The first-order valence-corrected chi connectivity index (χ1v) is 6.19. The summed E-state index contributed by atoms with van der Waals surface area (Å²) in [5.41, 5.74) is 4.23. The minimum Gasteiger partial charge on any atom is -0.349 e. The number of pyridine rings is 1. The van der Waals surface area contributed by atoms with Crippen molar-refractivity contribution in [3.05, 3.63) is 41.3 Å². The molecule has 0 saturated carbocycles. The summed E-state index contributed by atoms with van der Waals surface area (Å²) in [7, 11) is 1.95. The molecule has 0 saturated heterocycles. The van der Waals surface area contributed by atoms with E-state index in [1.165, 1.54) is 5.56 Å². The average Bonchev–Trinajstić information content (AvgIpc) is 2.90. The predicted octanol–water partition coefficient (Wildman–Crippen LogP) is 1.69. The molecule has 0 aliphatic heterocycles. The Bertz CT molecular complexity index is 691. The molecule has 0 atom stereocenters. The lowest BCUT2D eigenvalue weighted by Crippen LogP contribution is -2.03. The van der Waals surface area contributed by atoms with Crippen LogP contribution in [0.25, 0.3) is 5.65 Å². The first-order chi connectivity index (χ1) is 9.15. The Morgan fingerprint density at radius 2 is 2.05 bits per heavy atom. The van der Waals surface area contributed by atoms with Gasteiger partial charge in [-0.15, -0.1) is 5.10 Å². The van der Waals surface area contributed by atoms with Crippen LogP contribution in [0.15, 0.2) is 24.4 Å². The maximum Gasteiger partial charge on any atom is 0.243 e. The predicted molar refractivity (Wildman–Crippen MR) is 73.0 cm³/mol. The Labute approximate surface area is 111 Å². The third-order valence-electron chi connectivity index (χ3n) is 3.32. The minimum absolute atomic E-state index is 0.633. The first-order valence-electron chi connectivity index (χ1n) is 6.19. The number of aryl methyl sites for hydroxylation is 2. The van der Waals surface area contributed by atoms with Gasteiger partial charge in [-0.2, -0.15) is 10.1 Å². The molecule has 19 heavy (non-hydrogen) atoms. The van der Waals surface area contributed by atoms with Crippen LogP contribution in [0.3, 0.4) is 0 Å². The summed E-state index contributed by atoms with van der Waals surface area (Å²) >= 11 is 0. The molecule has 0 aliphatic carbocycles. The first kappa shape index (κ1) is 11.7. The monoisotopic (exact) mass is 256 g/mol. The molecule has 3 aromatic heterocycles. The smallest absolute Gasteiger partial charge is 0.243 e. The fourth-order valence-corrected chi connectivity index (χ4v) is 2.15. The Balaban J connectivity index is 1.82. The van der Waals surface area contributed by atoms with Gasteiger partial charge in [0.2, 0.25) is 5.95 Å². The zero-order valence-corrected chi connectivity index (χ0v) is 11.3. The fraction of sp³-hybridized carbons (Fsp3) is 0.308. The largest absolute Gasteiger partial charge is 0.349 e. The molecular formula is C13H16N6. The number of nitrogens with one attached hydrogen (secondary N) is 1. The maximum absolute atomic E-state index is 4.41. The van der Waals surface area contributed by atoms with E-state index < -0.39 is 0 Å². The molecule has 6 heteroatoms. The van der Waals surface area contributed by atoms with E-state index in [0.717, 1.165) is 17.0 Å². The van der Waals surface area contributed by atoms with Crippen LogP contribution in [0.2, 0.25) is 0 Å². The quantitative estimate of drug-likeness (QED) is 0.774. The van der Waals surface area contributed by atoms with Crippen LogP contribution in [0, 0.1) is 13.8 Å². The van der Waals surface area contributed by atoms with E-state index in [-0.39, 0.29) is 0 Å². The second-order valence-electron chi connectivity index (χ2n) is 4.57. The van der Waals surface area contributed by atoms with Gasteiger partial charge in [0, 0.05) is 31.0 Å². The highest BCUT2D eigenvalue weighted by Crippen LogP contribution is 2.13. The van der Waals surface area contributed by atoms with Gasteiger partial charge in [-0.05, 0) is 26.0 Å². The van der Waals surface area contributed by atoms with Crippen molar-refractivity contribution in [3.8, 4) is 0 Å². The van der Waals surface area contributed by atoms with Crippen LogP contribution in [0.4, 0.5) is 5.95 Å². The molecule has 98 valence electrons. The van der Waals surface area contributed by atoms with Crippen molar-refractivity contribution in [2.75, 3.05) is 5.32 Å². The minimum atomic E-state index is 0.633.